The maximum atomic E-state index is 6.39. The van der Waals surface area contributed by atoms with Crippen molar-refractivity contribution in [2.75, 3.05) is 47.0 Å². The molecule has 1 fully saturated rings. The van der Waals surface area contributed by atoms with Gasteiger partial charge in [-0.25, -0.2) is 9.97 Å². The van der Waals surface area contributed by atoms with Crippen LogP contribution in [0.15, 0.2) is 60.9 Å². The Bertz CT molecular complexity index is 925. The van der Waals surface area contributed by atoms with Crippen LogP contribution in [0.3, 0.4) is 0 Å². The maximum Gasteiger partial charge on any atom is 0.157 e. The lowest BCUT2D eigenvalue weighted by molar-refractivity contribution is 0.647. The van der Waals surface area contributed by atoms with Crippen molar-refractivity contribution in [3.05, 3.63) is 71.5 Å². The van der Waals surface area contributed by atoms with Gasteiger partial charge in [-0.2, -0.15) is 0 Å². The second-order valence-electron chi connectivity index (χ2n) is 6.71. The van der Waals surface area contributed by atoms with Gasteiger partial charge in [0.25, 0.3) is 0 Å². The normalized spacial score (nSPS) is 14.2. The Morgan fingerprint density at radius 3 is 2.32 bits per heavy atom. The molecule has 0 unspecified atom stereocenters. The first-order valence-electron chi connectivity index (χ1n) is 9.35. The zero-order valence-electron chi connectivity index (χ0n) is 15.6. The largest absolute Gasteiger partial charge is 0.393 e. The molecule has 0 bridgehead atoms. The molecule has 1 aliphatic rings. The minimum absolute atomic E-state index is 0.558. The second-order valence-corrected chi connectivity index (χ2v) is 7.12. The first-order valence-corrected chi connectivity index (χ1v) is 9.73. The quantitative estimate of drug-likeness (QED) is 0.688. The Hall–Kier alpha value is -2.99. The van der Waals surface area contributed by atoms with Crippen LogP contribution in [0.2, 0.25) is 5.02 Å². The molecule has 0 amide bonds. The predicted octanol–water partition coefficient (Wildman–Crippen LogP) is 3.65. The number of nitrogens with one attached hydrogen (secondary N) is 1. The van der Waals surface area contributed by atoms with Gasteiger partial charge in [-0.3, -0.25) is 0 Å². The zero-order valence-corrected chi connectivity index (χ0v) is 16.3. The number of aromatic nitrogens is 2. The Morgan fingerprint density at radius 2 is 1.57 bits per heavy atom. The van der Waals surface area contributed by atoms with E-state index >= 15 is 0 Å². The van der Waals surface area contributed by atoms with Crippen LogP contribution in [0.25, 0.3) is 0 Å². The molecule has 144 valence electrons. The predicted molar refractivity (Wildman–Crippen MR) is 116 cm³/mol. The van der Waals surface area contributed by atoms with Gasteiger partial charge in [-0.15, -0.1) is 0 Å². The number of anilines is 4. The van der Waals surface area contributed by atoms with Crippen LogP contribution in [0.5, 0.6) is 0 Å². The summed E-state index contributed by atoms with van der Waals surface area (Å²) < 4.78 is 0. The molecule has 0 atom stereocenters. The van der Waals surface area contributed by atoms with Crippen LogP contribution >= 0.6 is 11.6 Å². The third kappa shape index (κ3) is 3.97. The number of para-hydroxylation sites is 1. The molecule has 3 aromatic rings. The highest BCUT2D eigenvalue weighted by atomic mass is 35.5. The third-order valence-electron chi connectivity index (χ3n) is 4.97. The topological polar surface area (TPSA) is 70.3 Å². The average molecular weight is 395 g/mol. The molecule has 1 aromatic heterocycles. The molecule has 0 radical (unpaired) electrons. The number of nitrogens with two attached hydrogens (primary N) is 1. The van der Waals surface area contributed by atoms with E-state index in [2.05, 4.69) is 49.4 Å². The highest BCUT2D eigenvalue weighted by molar-refractivity contribution is 6.31. The molecule has 7 heteroatoms. The lowest BCUT2D eigenvalue weighted by atomic mass is 10.2. The van der Waals surface area contributed by atoms with Crippen LogP contribution in [-0.2, 0) is 6.54 Å². The maximum absolute atomic E-state index is 6.39. The number of nitrogens with zero attached hydrogens (tertiary/aromatic N) is 4. The summed E-state index contributed by atoms with van der Waals surface area (Å²) in [6.45, 7) is 4.13. The van der Waals surface area contributed by atoms with Crippen LogP contribution < -0.4 is 20.9 Å². The fraction of sp³-hybridized carbons (Fsp3) is 0.238. The Labute approximate surface area is 170 Å². The summed E-state index contributed by atoms with van der Waals surface area (Å²) in [5.74, 6) is 1.42. The van der Waals surface area contributed by atoms with Crippen molar-refractivity contribution in [2.45, 2.75) is 6.54 Å². The van der Waals surface area contributed by atoms with Gasteiger partial charge in [0.05, 0.1) is 0 Å². The van der Waals surface area contributed by atoms with Crippen LogP contribution in [0.4, 0.5) is 23.0 Å². The SMILES string of the molecule is Nc1c(NCc2ccccc2Cl)ncnc1N1CCN(c2ccccc2)CC1. The number of halogens is 1. The summed E-state index contributed by atoms with van der Waals surface area (Å²) in [6, 6.07) is 18.2. The Morgan fingerprint density at radius 1 is 0.893 bits per heavy atom. The molecule has 0 spiro atoms. The summed E-state index contributed by atoms with van der Waals surface area (Å²) >= 11 is 6.23. The number of hydrogen-bond donors (Lipinski definition) is 2. The minimum Gasteiger partial charge on any atom is -0.393 e. The lowest BCUT2D eigenvalue weighted by Crippen LogP contribution is -2.47. The van der Waals surface area contributed by atoms with E-state index in [-0.39, 0.29) is 0 Å². The number of nitrogen functional groups attached to an aromatic ring is 1. The van der Waals surface area contributed by atoms with Crippen molar-refractivity contribution < 1.29 is 0 Å². The number of hydrogen-bond acceptors (Lipinski definition) is 6. The fourth-order valence-corrected chi connectivity index (χ4v) is 3.62. The van der Waals surface area contributed by atoms with Crippen LogP contribution in [0, 0.1) is 0 Å². The Kier molecular flexibility index (Phi) is 5.48. The molecule has 4 rings (SSSR count). The minimum atomic E-state index is 0.558. The van der Waals surface area contributed by atoms with Gasteiger partial charge in [0.1, 0.15) is 12.0 Å². The molecule has 1 aliphatic heterocycles. The Balaban J connectivity index is 1.43. The van der Waals surface area contributed by atoms with E-state index in [0.29, 0.717) is 18.1 Å². The van der Waals surface area contributed by atoms with Gasteiger partial charge in [0.2, 0.25) is 0 Å². The molecule has 6 nitrogen and oxygen atoms in total. The molecule has 2 aromatic carbocycles. The lowest BCUT2D eigenvalue weighted by Gasteiger charge is -2.37. The number of benzene rings is 2. The summed E-state index contributed by atoms with van der Waals surface area (Å²) in [4.78, 5) is 13.4. The van der Waals surface area contributed by atoms with Crippen molar-refractivity contribution in [2.24, 2.45) is 0 Å². The van der Waals surface area contributed by atoms with Crippen molar-refractivity contribution in [3.8, 4) is 0 Å². The molecule has 1 saturated heterocycles. The van der Waals surface area contributed by atoms with E-state index in [4.69, 9.17) is 17.3 Å². The summed E-state index contributed by atoms with van der Waals surface area (Å²) in [7, 11) is 0. The van der Waals surface area contributed by atoms with Crippen molar-refractivity contribution in [1.29, 1.82) is 0 Å². The fourth-order valence-electron chi connectivity index (χ4n) is 3.42. The summed E-state index contributed by atoms with van der Waals surface area (Å²) in [6.07, 6.45) is 1.56. The van der Waals surface area contributed by atoms with Gasteiger partial charge in [0.15, 0.2) is 11.6 Å². The zero-order chi connectivity index (χ0) is 19.3. The van der Waals surface area contributed by atoms with E-state index in [0.717, 1.165) is 42.6 Å². The number of piperazine rings is 1. The van der Waals surface area contributed by atoms with Gasteiger partial charge < -0.3 is 20.9 Å². The van der Waals surface area contributed by atoms with Crippen molar-refractivity contribution in [1.82, 2.24) is 9.97 Å². The van der Waals surface area contributed by atoms with E-state index in [1.54, 1.807) is 6.33 Å². The standard InChI is InChI=1S/C21H23ClN6/c22-18-9-5-4-6-16(18)14-24-20-19(23)21(26-15-25-20)28-12-10-27(11-13-28)17-7-2-1-3-8-17/h1-9,15H,10-14,23H2,(H,24,25,26). The van der Waals surface area contributed by atoms with Crippen LogP contribution in [0.1, 0.15) is 5.56 Å². The van der Waals surface area contributed by atoms with E-state index in [9.17, 15) is 0 Å². The van der Waals surface area contributed by atoms with Crippen LogP contribution in [-0.4, -0.2) is 36.1 Å². The van der Waals surface area contributed by atoms with Gasteiger partial charge >= 0.3 is 0 Å². The van der Waals surface area contributed by atoms with Crippen molar-refractivity contribution in [3.63, 3.8) is 0 Å². The first kappa shape index (κ1) is 18.4. The first-order chi connectivity index (χ1) is 13.7. The van der Waals surface area contributed by atoms with Gasteiger partial charge in [0, 0.05) is 43.4 Å². The van der Waals surface area contributed by atoms with E-state index in [1.165, 1.54) is 5.69 Å². The highest BCUT2D eigenvalue weighted by Gasteiger charge is 2.21. The van der Waals surface area contributed by atoms with Gasteiger partial charge in [-0.05, 0) is 23.8 Å². The number of rotatable bonds is 5. The van der Waals surface area contributed by atoms with E-state index < -0.39 is 0 Å². The molecule has 0 aliphatic carbocycles. The molecule has 2 heterocycles. The van der Waals surface area contributed by atoms with Crippen molar-refractivity contribution >= 4 is 34.6 Å². The smallest absolute Gasteiger partial charge is 0.157 e. The molecule has 3 N–H and O–H groups in total. The third-order valence-corrected chi connectivity index (χ3v) is 5.34. The average Bonchev–Trinajstić information content (AvgIpc) is 2.75. The molecular formula is C21H23ClN6. The van der Waals surface area contributed by atoms with E-state index in [1.807, 2.05) is 30.3 Å². The molecular weight excluding hydrogens is 372 g/mol. The molecule has 28 heavy (non-hydrogen) atoms. The summed E-state index contributed by atoms with van der Waals surface area (Å²) in [5, 5.41) is 4.01. The monoisotopic (exact) mass is 394 g/mol. The second kappa shape index (κ2) is 8.35. The molecule has 0 saturated carbocycles. The van der Waals surface area contributed by atoms with Gasteiger partial charge in [-0.1, -0.05) is 48.0 Å². The summed E-state index contributed by atoms with van der Waals surface area (Å²) in [5.41, 5.74) is 9.21. The highest BCUT2D eigenvalue weighted by Crippen LogP contribution is 2.28.